The fourth-order valence-corrected chi connectivity index (χ4v) is 2.55. The molecule has 0 spiro atoms. The van der Waals surface area contributed by atoms with Crippen LogP contribution in [0.2, 0.25) is 0 Å². The van der Waals surface area contributed by atoms with Gasteiger partial charge in [-0.1, -0.05) is 6.07 Å². The van der Waals surface area contributed by atoms with Gasteiger partial charge in [0.05, 0.1) is 27.7 Å². The first-order valence-corrected chi connectivity index (χ1v) is 6.37. The molecule has 1 aliphatic heterocycles. The van der Waals surface area contributed by atoms with E-state index in [4.69, 9.17) is 9.47 Å². The van der Waals surface area contributed by atoms with Crippen molar-refractivity contribution in [1.29, 1.82) is 0 Å². The summed E-state index contributed by atoms with van der Waals surface area (Å²) in [4.78, 5) is 10.5. The number of nitrogens with zero attached hydrogens (tertiary/aromatic N) is 1. The van der Waals surface area contributed by atoms with Crippen molar-refractivity contribution < 1.29 is 14.4 Å². The van der Waals surface area contributed by atoms with Crippen molar-refractivity contribution in [3.05, 3.63) is 38.3 Å². The Balaban J connectivity index is 2.34. The summed E-state index contributed by atoms with van der Waals surface area (Å²) < 4.78 is 11.5. The molecule has 2 atom stereocenters. The lowest BCUT2D eigenvalue weighted by molar-refractivity contribution is -0.385. The van der Waals surface area contributed by atoms with Crippen LogP contribution in [0.1, 0.15) is 18.9 Å². The maximum atomic E-state index is 10.9. The summed E-state index contributed by atoms with van der Waals surface area (Å²) in [5.74, 6) is 0. The number of nitro benzene ring substituents is 1. The van der Waals surface area contributed by atoms with Crippen LogP contribution < -0.4 is 0 Å². The molecule has 1 aromatic carbocycles. The molecule has 2 rings (SSSR count). The molecule has 6 heteroatoms. The average Bonchev–Trinajstić information content (AvgIpc) is 2.72. The van der Waals surface area contributed by atoms with Crippen LogP contribution in [0.5, 0.6) is 0 Å². The molecule has 1 fully saturated rings. The maximum Gasteiger partial charge on any atom is 0.283 e. The quantitative estimate of drug-likeness (QED) is 0.635. The fourth-order valence-electron chi connectivity index (χ4n) is 2.16. The monoisotopic (exact) mass is 315 g/mol. The van der Waals surface area contributed by atoms with Crippen LogP contribution in [0, 0.1) is 10.1 Å². The lowest BCUT2D eigenvalue weighted by Crippen LogP contribution is -2.21. The van der Waals surface area contributed by atoms with Crippen LogP contribution >= 0.6 is 15.9 Å². The van der Waals surface area contributed by atoms with E-state index < -0.39 is 10.5 Å². The van der Waals surface area contributed by atoms with E-state index in [-0.39, 0.29) is 11.8 Å². The second kappa shape index (κ2) is 4.95. The molecule has 5 nitrogen and oxygen atoms in total. The zero-order chi connectivity index (χ0) is 13.3. The van der Waals surface area contributed by atoms with E-state index in [0.717, 1.165) is 5.56 Å². The van der Waals surface area contributed by atoms with Crippen LogP contribution in [0.25, 0.3) is 0 Å². The summed E-state index contributed by atoms with van der Waals surface area (Å²) >= 11 is 3.18. The molecule has 0 N–H and O–H groups in total. The minimum atomic E-state index is -0.522. The third-order valence-electron chi connectivity index (χ3n) is 3.29. The molecule has 0 aromatic heterocycles. The van der Waals surface area contributed by atoms with Gasteiger partial charge in [0, 0.05) is 19.6 Å². The van der Waals surface area contributed by atoms with Gasteiger partial charge in [-0.3, -0.25) is 10.1 Å². The molecule has 1 aromatic rings. The number of nitro groups is 1. The molecule has 0 saturated carbocycles. The first-order valence-electron chi connectivity index (χ1n) is 5.57. The third-order valence-corrected chi connectivity index (χ3v) is 3.96. The standard InChI is InChI=1S/C12H14BrNO4/c1-12(6-9(17-2)7-18-12)8-3-4-10(13)11(5-8)14(15)16/h3-5,9H,6-7H2,1-2H3. The Kier molecular flexibility index (Phi) is 3.70. The molecule has 0 radical (unpaired) electrons. The number of methoxy groups -OCH3 is 1. The smallest absolute Gasteiger partial charge is 0.283 e. The highest BCUT2D eigenvalue weighted by atomic mass is 79.9. The molecule has 18 heavy (non-hydrogen) atoms. The Hall–Kier alpha value is -0.980. The molecule has 2 unspecified atom stereocenters. The van der Waals surface area contributed by atoms with E-state index in [1.807, 2.05) is 13.0 Å². The first-order chi connectivity index (χ1) is 8.46. The van der Waals surface area contributed by atoms with E-state index in [0.29, 0.717) is 17.5 Å². The highest BCUT2D eigenvalue weighted by molar-refractivity contribution is 9.10. The van der Waals surface area contributed by atoms with Gasteiger partial charge in [-0.05, 0) is 34.5 Å². The number of hydrogen-bond acceptors (Lipinski definition) is 4. The van der Waals surface area contributed by atoms with Crippen LogP contribution in [-0.4, -0.2) is 24.7 Å². The number of ether oxygens (including phenoxy) is 2. The number of hydrogen-bond donors (Lipinski definition) is 0. The lowest BCUT2D eigenvalue weighted by Gasteiger charge is -2.23. The van der Waals surface area contributed by atoms with Crippen LogP contribution in [0.4, 0.5) is 5.69 Å². The van der Waals surface area contributed by atoms with Gasteiger partial charge in [-0.25, -0.2) is 0 Å². The van der Waals surface area contributed by atoms with Crippen LogP contribution in [0.3, 0.4) is 0 Å². The first kappa shape index (κ1) is 13.5. The number of halogens is 1. The summed E-state index contributed by atoms with van der Waals surface area (Å²) in [5, 5.41) is 10.9. The van der Waals surface area contributed by atoms with Crippen molar-refractivity contribution in [3.63, 3.8) is 0 Å². The van der Waals surface area contributed by atoms with Crippen molar-refractivity contribution in [1.82, 2.24) is 0 Å². The molecule has 1 aliphatic rings. The second-order valence-corrected chi connectivity index (χ2v) is 5.38. The van der Waals surface area contributed by atoms with Gasteiger partial charge < -0.3 is 9.47 Å². The van der Waals surface area contributed by atoms with Crippen LogP contribution in [0.15, 0.2) is 22.7 Å². The molecular formula is C12H14BrNO4. The SMILES string of the molecule is COC1COC(C)(c2ccc(Br)c([N+](=O)[O-])c2)C1. The Morgan fingerprint density at radius 3 is 2.89 bits per heavy atom. The summed E-state index contributed by atoms with van der Waals surface area (Å²) in [6.45, 7) is 2.44. The molecule has 1 heterocycles. The largest absolute Gasteiger partial charge is 0.379 e. The van der Waals surface area contributed by atoms with Crippen molar-refractivity contribution >= 4 is 21.6 Å². The molecule has 0 bridgehead atoms. The molecule has 0 aliphatic carbocycles. The highest BCUT2D eigenvalue weighted by Gasteiger charge is 2.38. The maximum absolute atomic E-state index is 10.9. The van der Waals surface area contributed by atoms with Gasteiger partial charge >= 0.3 is 0 Å². The summed E-state index contributed by atoms with van der Waals surface area (Å²) in [5.41, 5.74) is 0.335. The predicted octanol–water partition coefficient (Wildman–Crippen LogP) is 3.01. The zero-order valence-corrected chi connectivity index (χ0v) is 11.8. The minimum absolute atomic E-state index is 0.0395. The summed E-state index contributed by atoms with van der Waals surface area (Å²) in [6.07, 6.45) is 0.736. The minimum Gasteiger partial charge on any atom is -0.379 e. The van der Waals surface area contributed by atoms with E-state index in [2.05, 4.69) is 15.9 Å². The van der Waals surface area contributed by atoms with E-state index in [1.54, 1.807) is 19.2 Å². The Labute approximate surface area is 113 Å². The van der Waals surface area contributed by atoms with Gasteiger partial charge in [0.1, 0.15) is 0 Å². The second-order valence-electron chi connectivity index (χ2n) is 4.53. The van der Waals surface area contributed by atoms with Crippen molar-refractivity contribution in [2.45, 2.75) is 25.0 Å². The third kappa shape index (κ3) is 2.41. The van der Waals surface area contributed by atoms with Gasteiger partial charge in [0.2, 0.25) is 0 Å². The number of rotatable bonds is 3. The zero-order valence-electron chi connectivity index (χ0n) is 10.2. The average molecular weight is 316 g/mol. The molecule has 1 saturated heterocycles. The van der Waals surface area contributed by atoms with E-state index in [9.17, 15) is 10.1 Å². The van der Waals surface area contributed by atoms with Gasteiger partial charge in [-0.2, -0.15) is 0 Å². The predicted molar refractivity (Wildman–Crippen MR) is 69.5 cm³/mol. The van der Waals surface area contributed by atoms with E-state index in [1.165, 1.54) is 0 Å². The van der Waals surface area contributed by atoms with Crippen molar-refractivity contribution in [2.75, 3.05) is 13.7 Å². The Bertz CT molecular complexity index is 479. The van der Waals surface area contributed by atoms with Crippen molar-refractivity contribution in [2.24, 2.45) is 0 Å². The van der Waals surface area contributed by atoms with Gasteiger partial charge in [-0.15, -0.1) is 0 Å². The lowest BCUT2D eigenvalue weighted by atomic mass is 9.92. The Morgan fingerprint density at radius 1 is 1.61 bits per heavy atom. The normalized spacial score (nSPS) is 27.4. The van der Waals surface area contributed by atoms with Gasteiger partial charge in [0.25, 0.3) is 5.69 Å². The summed E-state index contributed by atoms with van der Waals surface area (Å²) in [6, 6.07) is 5.08. The topological polar surface area (TPSA) is 61.6 Å². The van der Waals surface area contributed by atoms with E-state index >= 15 is 0 Å². The summed E-state index contributed by atoms with van der Waals surface area (Å²) in [7, 11) is 1.64. The van der Waals surface area contributed by atoms with Gasteiger partial charge in [0.15, 0.2) is 0 Å². The molecule has 98 valence electrons. The fraction of sp³-hybridized carbons (Fsp3) is 0.500. The molecular weight excluding hydrogens is 302 g/mol. The Morgan fingerprint density at radius 2 is 2.33 bits per heavy atom. The number of benzene rings is 1. The van der Waals surface area contributed by atoms with Crippen molar-refractivity contribution in [3.8, 4) is 0 Å². The van der Waals surface area contributed by atoms with Crippen LogP contribution in [-0.2, 0) is 15.1 Å². The highest BCUT2D eigenvalue weighted by Crippen LogP contribution is 2.39. The molecule has 0 amide bonds.